The molecule has 0 bridgehead atoms. The molecule has 0 radical (unpaired) electrons. The molecule has 0 spiro atoms. The molecule has 0 fully saturated rings. The van der Waals surface area contributed by atoms with Crippen molar-refractivity contribution in [3.8, 4) is 0 Å². The predicted molar refractivity (Wildman–Crippen MR) is 77.7 cm³/mol. The second kappa shape index (κ2) is 5.88. The van der Waals surface area contributed by atoms with Gasteiger partial charge in [-0.1, -0.05) is 6.07 Å². The first-order chi connectivity index (χ1) is 9.82. The van der Waals surface area contributed by atoms with Crippen LogP contribution < -0.4 is 10.2 Å². The third kappa shape index (κ3) is 3.44. The van der Waals surface area contributed by atoms with Gasteiger partial charge in [-0.25, -0.2) is 4.98 Å². The monoisotopic (exact) mass is 316 g/mol. The minimum absolute atomic E-state index is 0.0509. The van der Waals surface area contributed by atoms with Gasteiger partial charge in [-0.05, 0) is 18.4 Å². The minimum atomic E-state index is -4.50. The Morgan fingerprint density at radius 3 is 2.57 bits per heavy atom. The largest absolute Gasteiger partial charge is 0.433 e. The van der Waals surface area contributed by atoms with Crippen LogP contribution >= 0.6 is 11.3 Å². The van der Waals surface area contributed by atoms with E-state index in [0.29, 0.717) is 0 Å². The van der Waals surface area contributed by atoms with E-state index in [1.807, 2.05) is 24.4 Å². The lowest BCUT2D eigenvalue weighted by Gasteiger charge is -2.26. The fourth-order valence-corrected chi connectivity index (χ4v) is 2.62. The molecular weight excluding hydrogens is 301 g/mol. The summed E-state index contributed by atoms with van der Waals surface area (Å²) in [4.78, 5) is 10.3. The number of hydrogen-bond donors (Lipinski definition) is 1. The second-order valence-electron chi connectivity index (χ2n) is 4.49. The molecule has 0 aliphatic carbocycles. The second-order valence-corrected chi connectivity index (χ2v) is 5.46. The Kier molecular flexibility index (Phi) is 4.36. The maximum atomic E-state index is 12.9. The molecule has 0 aromatic carbocycles. The van der Waals surface area contributed by atoms with Crippen molar-refractivity contribution >= 4 is 23.1 Å². The zero-order valence-corrected chi connectivity index (χ0v) is 12.6. The van der Waals surface area contributed by atoms with Crippen molar-refractivity contribution in [3.63, 3.8) is 0 Å². The molecule has 1 atom stereocenters. The van der Waals surface area contributed by atoms with Crippen LogP contribution in [0.2, 0.25) is 0 Å². The highest BCUT2D eigenvalue weighted by molar-refractivity contribution is 7.10. The number of hydrogen-bond acceptors (Lipinski definition) is 5. The molecule has 114 valence electrons. The van der Waals surface area contributed by atoms with E-state index in [4.69, 9.17) is 0 Å². The summed E-state index contributed by atoms with van der Waals surface area (Å²) in [6.45, 7) is 1.92. The van der Waals surface area contributed by atoms with Gasteiger partial charge in [0.25, 0.3) is 0 Å². The van der Waals surface area contributed by atoms with E-state index >= 15 is 0 Å². The summed E-state index contributed by atoms with van der Waals surface area (Å²) in [7, 11) is 3.20. The molecule has 2 aromatic rings. The van der Waals surface area contributed by atoms with Gasteiger partial charge in [-0.2, -0.15) is 18.2 Å². The van der Waals surface area contributed by atoms with Crippen molar-refractivity contribution in [2.45, 2.75) is 19.1 Å². The summed E-state index contributed by atoms with van der Waals surface area (Å²) in [6, 6.07) is 4.73. The Morgan fingerprint density at radius 1 is 1.33 bits per heavy atom. The molecule has 8 heteroatoms. The highest BCUT2D eigenvalue weighted by Crippen LogP contribution is 2.33. The van der Waals surface area contributed by atoms with Crippen LogP contribution in [0.15, 0.2) is 23.6 Å². The molecule has 0 aliphatic heterocycles. The van der Waals surface area contributed by atoms with Crippen molar-refractivity contribution < 1.29 is 13.2 Å². The predicted octanol–water partition coefficient (Wildman–Crippen LogP) is 3.80. The Hall–Kier alpha value is -1.83. The van der Waals surface area contributed by atoms with Gasteiger partial charge >= 0.3 is 6.18 Å². The highest BCUT2D eigenvalue weighted by atomic mass is 32.1. The van der Waals surface area contributed by atoms with Crippen LogP contribution in [0.25, 0.3) is 0 Å². The molecular formula is C13H15F3N4S. The highest BCUT2D eigenvalue weighted by Gasteiger charge is 2.34. The number of thiophene rings is 1. The molecule has 2 aromatic heterocycles. The average molecular weight is 316 g/mol. The minimum Gasteiger partial charge on any atom is -0.357 e. The third-order valence-electron chi connectivity index (χ3n) is 3.12. The smallest absolute Gasteiger partial charge is 0.357 e. The van der Waals surface area contributed by atoms with E-state index in [9.17, 15) is 13.2 Å². The molecule has 2 rings (SSSR count). The first-order valence-electron chi connectivity index (χ1n) is 6.23. The van der Waals surface area contributed by atoms with Crippen molar-refractivity contribution in [3.05, 3.63) is 34.2 Å². The fraction of sp³-hybridized carbons (Fsp3) is 0.385. The topological polar surface area (TPSA) is 41.1 Å². The van der Waals surface area contributed by atoms with Gasteiger partial charge in [0.05, 0.1) is 6.04 Å². The van der Waals surface area contributed by atoms with Gasteiger partial charge in [0.15, 0.2) is 5.69 Å². The van der Waals surface area contributed by atoms with E-state index in [2.05, 4.69) is 15.3 Å². The van der Waals surface area contributed by atoms with Crippen LogP contribution in [0.4, 0.5) is 24.9 Å². The van der Waals surface area contributed by atoms with Gasteiger partial charge in [0.2, 0.25) is 5.95 Å². The summed E-state index contributed by atoms with van der Waals surface area (Å²) in [6.07, 6.45) is -4.50. The fourth-order valence-electron chi connectivity index (χ4n) is 1.79. The Labute approximate surface area is 124 Å². The molecule has 0 saturated heterocycles. The molecule has 0 saturated carbocycles. The quantitative estimate of drug-likeness (QED) is 0.931. The number of nitrogens with zero attached hydrogens (tertiary/aromatic N) is 3. The van der Waals surface area contributed by atoms with E-state index < -0.39 is 11.9 Å². The van der Waals surface area contributed by atoms with Crippen molar-refractivity contribution in [2.24, 2.45) is 0 Å². The van der Waals surface area contributed by atoms with Crippen molar-refractivity contribution in [1.82, 2.24) is 9.97 Å². The third-order valence-corrected chi connectivity index (χ3v) is 4.17. The van der Waals surface area contributed by atoms with E-state index in [1.165, 1.54) is 7.05 Å². The number of halogens is 3. The summed E-state index contributed by atoms with van der Waals surface area (Å²) in [5.74, 6) is 0.174. The van der Waals surface area contributed by atoms with Crippen LogP contribution in [-0.2, 0) is 6.18 Å². The van der Waals surface area contributed by atoms with Gasteiger partial charge in [0.1, 0.15) is 5.82 Å². The van der Waals surface area contributed by atoms with E-state index in [0.717, 1.165) is 10.9 Å². The van der Waals surface area contributed by atoms with Gasteiger partial charge < -0.3 is 10.2 Å². The Morgan fingerprint density at radius 2 is 2.05 bits per heavy atom. The maximum Gasteiger partial charge on any atom is 0.433 e. The molecule has 21 heavy (non-hydrogen) atoms. The lowest BCUT2D eigenvalue weighted by atomic mass is 10.2. The summed E-state index contributed by atoms with van der Waals surface area (Å²) < 4.78 is 38.7. The van der Waals surface area contributed by atoms with Crippen LogP contribution in [0, 0.1) is 0 Å². The van der Waals surface area contributed by atoms with Gasteiger partial charge in [0, 0.05) is 25.0 Å². The molecule has 4 nitrogen and oxygen atoms in total. The van der Waals surface area contributed by atoms with Crippen molar-refractivity contribution in [1.29, 1.82) is 0 Å². The molecule has 1 unspecified atom stereocenters. The van der Waals surface area contributed by atoms with E-state index in [-0.39, 0.29) is 17.8 Å². The summed E-state index contributed by atoms with van der Waals surface area (Å²) in [5, 5.41) is 4.49. The Balaban J connectivity index is 2.38. The molecule has 2 heterocycles. The van der Waals surface area contributed by atoms with Crippen LogP contribution in [0.5, 0.6) is 0 Å². The standard InChI is InChI=1S/C13H15F3N4S/c1-8(9-5-4-6-21-9)20(3)11-7-10(13(14,15)16)18-12(17-2)19-11/h4-8H,1-3H3,(H,17,18,19). The first-order valence-corrected chi connectivity index (χ1v) is 7.11. The normalized spacial score (nSPS) is 13.0. The number of aromatic nitrogens is 2. The maximum absolute atomic E-state index is 12.9. The molecule has 0 amide bonds. The summed E-state index contributed by atoms with van der Waals surface area (Å²) in [5.41, 5.74) is -0.956. The number of alkyl halides is 3. The van der Waals surface area contributed by atoms with E-state index in [1.54, 1.807) is 23.3 Å². The van der Waals surface area contributed by atoms with Crippen LogP contribution in [-0.4, -0.2) is 24.1 Å². The SMILES string of the molecule is CNc1nc(N(C)C(C)c2cccs2)cc(C(F)(F)F)n1. The van der Waals surface area contributed by atoms with Crippen LogP contribution in [0.3, 0.4) is 0 Å². The van der Waals surface area contributed by atoms with Crippen molar-refractivity contribution in [2.75, 3.05) is 24.3 Å². The zero-order valence-electron chi connectivity index (χ0n) is 11.8. The lowest BCUT2D eigenvalue weighted by Crippen LogP contribution is -2.23. The number of anilines is 2. The van der Waals surface area contributed by atoms with Crippen LogP contribution in [0.1, 0.15) is 23.5 Å². The lowest BCUT2D eigenvalue weighted by molar-refractivity contribution is -0.141. The molecule has 0 aliphatic rings. The van der Waals surface area contributed by atoms with Gasteiger partial charge in [-0.3, -0.25) is 0 Å². The average Bonchev–Trinajstić information content (AvgIpc) is 2.98. The van der Waals surface area contributed by atoms with Gasteiger partial charge in [-0.15, -0.1) is 11.3 Å². The summed E-state index contributed by atoms with van der Waals surface area (Å²) >= 11 is 1.55. The molecule has 1 N–H and O–H groups in total. The Bertz CT molecular complexity index is 598. The number of rotatable bonds is 4. The first kappa shape index (κ1) is 15.6. The zero-order chi connectivity index (χ0) is 15.6. The number of nitrogens with one attached hydrogen (secondary N) is 1.